The van der Waals surface area contributed by atoms with Crippen molar-refractivity contribution in [1.29, 1.82) is 0 Å². The molecule has 1 atom stereocenters. The van der Waals surface area contributed by atoms with Crippen LogP contribution in [-0.2, 0) is 9.53 Å². The Morgan fingerprint density at radius 1 is 1.79 bits per heavy atom. The van der Waals surface area contributed by atoms with E-state index in [4.69, 9.17) is 0 Å². The van der Waals surface area contributed by atoms with E-state index in [2.05, 4.69) is 32.6 Å². The van der Waals surface area contributed by atoms with E-state index in [9.17, 15) is 4.79 Å². The Morgan fingerprint density at radius 2 is 2.50 bits per heavy atom. The van der Waals surface area contributed by atoms with E-state index in [1.165, 1.54) is 7.11 Å². The van der Waals surface area contributed by atoms with Gasteiger partial charge in [-0.3, -0.25) is 4.79 Å². The highest BCUT2D eigenvalue weighted by atomic mass is 79.9. The SMILES string of the molecule is C=CCSCCNCC(Br)C(=O)OC. The maximum Gasteiger partial charge on any atom is 0.320 e. The predicted octanol–water partition coefficient (Wildman–Crippen LogP) is 1.43. The van der Waals surface area contributed by atoms with E-state index in [1.54, 1.807) is 0 Å². The summed E-state index contributed by atoms with van der Waals surface area (Å²) in [6, 6.07) is 0. The van der Waals surface area contributed by atoms with Crippen LogP contribution in [0.3, 0.4) is 0 Å². The Labute approximate surface area is 97.8 Å². The summed E-state index contributed by atoms with van der Waals surface area (Å²) in [7, 11) is 1.39. The van der Waals surface area contributed by atoms with Gasteiger partial charge in [0.25, 0.3) is 0 Å². The van der Waals surface area contributed by atoms with Gasteiger partial charge in [-0.1, -0.05) is 22.0 Å². The van der Waals surface area contributed by atoms with E-state index < -0.39 is 0 Å². The standard InChI is InChI=1S/C9H16BrNO2S/c1-3-5-14-6-4-11-7-8(10)9(12)13-2/h3,8,11H,1,4-7H2,2H3. The van der Waals surface area contributed by atoms with Crippen LogP contribution in [0, 0.1) is 0 Å². The summed E-state index contributed by atoms with van der Waals surface area (Å²) in [5.74, 6) is 1.75. The Balaban J connectivity index is 3.27. The summed E-state index contributed by atoms with van der Waals surface area (Å²) in [6.45, 7) is 5.12. The number of ether oxygens (including phenoxy) is 1. The lowest BCUT2D eigenvalue weighted by atomic mass is 10.4. The molecule has 14 heavy (non-hydrogen) atoms. The summed E-state index contributed by atoms with van der Waals surface area (Å²) >= 11 is 5.03. The number of halogens is 1. The second kappa shape index (κ2) is 9.55. The minimum atomic E-state index is -0.253. The van der Waals surface area contributed by atoms with Gasteiger partial charge in [0.1, 0.15) is 4.83 Å². The van der Waals surface area contributed by atoms with E-state index in [0.29, 0.717) is 6.54 Å². The van der Waals surface area contributed by atoms with Gasteiger partial charge in [0.2, 0.25) is 0 Å². The van der Waals surface area contributed by atoms with Crippen molar-refractivity contribution in [3.63, 3.8) is 0 Å². The van der Waals surface area contributed by atoms with Crippen LogP contribution in [0.4, 0.5) is 0 Å². The number of carbonyl (C=O) groups excluding carboxylic acids is 1. The molecule has 0 aromatic rings. The second-order valence-corrected chi connectivity index (χ2v) is 4.81. The molecule has 1 unspecified atom stereocenters. The van der Waals surface area contributed by atoms with Gasteiger partial charge in [-0.15, -0.1) is 6.58 Å². The molecule has 0 aliphatic heterocycles. The average molecular weight is 282 g/mol. The van der Waals surface area contributed by atoms with E-state index in [1.807, 2.05) is 17.8 Å². The van der Waals surface area contributed by atoms with Gasteiger partial charge in [0.05, 0.1) is 7.11 Å². The molecule has 0 bridgehead atoms. The number of carbonyl (C=O) groups is 1. The molecule has 1 N–H and O–H groups in total. The summed E-state index contributed by atoms with van der Waals surface area (Å²) in [4.78, 5) is 10.7. The topological polar surface area (TPSA) is 38.3 Å². The lowest BCUT2D eigenvalue weighted by molar-refractivity contribution is -0.139. The third kappa shape index (κ3) is 7.41. The van der Waals surface area contributed by atoms with Gasteiger partial charge in [0, 0.05) is 24.6 Å². The second-order valence-electron chi connectivity index (χ2n) is 2.56. The Bertz CT molecular complexity index is 178. The van der Waals surface area contributed by atoms with Gasteiger partial charge >= 0.3 is 5.97 Å². The highest BCUT2D eigenvalue weighted by molar-refractivity contribution is 9.10. The zero-order chi connectivity index (χ0) is 10.8. The fraction of sp³-hybridized carbons (Fsp3) is 0.667. The molecule has 0 aromatic heterocycles. The average Bonchev–Trinajstić information content (AvgIpc) is 2.21. The van der Waals surface area contributed by atoms with Crippen LogP contribution in [-0.4, -0.2) is 42.5 Å². The van der Waals surface area contributed by atoms with Gasteiger partial charge in [-0.05, 0) is 0 Å². The number of thioether (sulfide) groups is 1. The first-order valence-electron chi connectivity index (χ1n) is 4.33. The molecular formula is C9H16BrNO2S. The summed E-state index contributed by atoms with van der Waals surface area (Å²) in [5.41, 5.74) is 0. The van der Waals surface area contributed by atoms with Crippen LogP contribution in [0.15, 0.2) is 12.7 Å². The summed E-state index contributed by atoms with van der Waals surface area (Å²) in [5, 5.41) is 3.16. The Hall–Kier alpha value is -0.000000000000000111. The molecule has 3 nitrogen and oxygen atoms in total. The molecule has 0 fully saturated rings. The zero-order valence-corrected chi connectivity index (χ0v) is 10.7. The quantitative estimate of drug-likeness (QED) is 0.316. The largest absolute Gasteiger partial charge is 0.468 e. The summed E-state index contributed by atoms with van der Waals surface area (Å²) in [6.07, 6.45) is 1.88. The molecule has 0 heterocycles. The summed E-state index contributed by atoms with van der Waals surface area (Å²) < 4.78 is 4.56. The van der Waals surface area contributed by atoms with Crippen molar-refractivity contribution in [3.8, 4) is 0 Å². The molecule has 0 aliphatic carbocycles. The number of hydrogen-bond acceptors (Lipinski definition) is 4. The number of nitrogens with one attached hydrogen (secondary N) is 1. The van der Waals surface area contributed by atoms with E-state index in [0.717, 1.165) is 18.1 Å². The van der Waals surface area contributed by atoms with Crippen molar-refractivity contribution in [3.05, 3.63) is 12.7 Å². The monoisotopic (exact) mass is 281 g/mol. The molecule has 82 valence electrons. The molecule has 0 saturated carbocycles. The Morgan fingerprint density at radius 3 is 3.07 bits per heavy atom. The van der Waals surface area contributed by atoms with Gasteiger partial charge < -0.3 is 10.1 Å². The number of rotatable bonds is 8. The fourth-order valence-corrected chi connectivity index (χ4v) is 1.79. The van der Waals surface area contributed by atoms with Crippen molar-refractivity contribution in [2.45, 2.75) is 4.83 Å². The lowest BCUT2D eigenvalue weighted by Gasteiger charge is -2.08. The minimum Gasteiger partial charge on any atom is -0.468 e. The van der Waals surface area contributed by atoms with Gasteiger partial charge in [0.15, 0.2) is 0 Å². The van der Waals surface area contributed by atoms with Crippen LogP contribution in [0.25, 0.3) is 0 Å². The van der Waals surface area contributed by atoms with Crippen molar-refractivity contribution in [2.24, 2.45) is 0 Å². The Kier molecular flexibility index (Phi) is 9.55. The fourth-order valence-electron chi connectivity index (χ4n) is 0.751. The third-order valence-electron chi connectivity index (χ3n) is 1.44. The lowest BCUT2D eigenvalue weighted by Crippen LogP contribution is -2.31. The molecule has 0 aromatic carbocycles. The molecule has 0 saturated heterocycles. The van der Waals surface area contributed by atoms with Crippen LogP contribution in [0.1, 0.15) is 0 Å². The first-order valence-corrected chi connectivity index (χ1v) is 6.40. The molecule has 0 radical (unpaired) electrons. The maximum absolute atomic E-state index is 11.0. The first-order chi connectivity index (χ1) is 6.72. The zero-order valence-electron chi connectivity index (χ0n) is 8.29. The number of alkyl halides is 1. The molecule has 0 spiro atoms. The highest BCUT2D eigenvalue weighted by Crippen LogP contribution is 2.00. The maximum atomic E-state index is 11.0. The minimum absolute atomic E-state index is 0.240. The normalized spacial score (nSPS) is 12.1. The van der Waals surface area contributed by atoms with Crippen LogP contribution in [0.5, 0.6) is 0 Å². The van der Waals surface area contributed by atoms with Crippen LogP contribution in [0.2, 0.25) is 0 Å². The van der Waals surface area contributed by atoms with E-state index in [-0.39, 0.29) is 10.8 Å². The highest BCUT2D eigenvalue weighted by Gasteiger charge is 2.13. The molecular weight excluding hydrogens is 266 g/mol. The molecule has 0 rings (SSSR count). The number of esters is 1. The number of hydrogen-bond donors (Lipinski definition) is 1. The molecule has 0 aliphatic rings. The smallest absolute Gasteiger partial charge is 0.320 e. The van der Waals surface area contributed by atoms with E-state index >= 15 is 0 Å². The van der Waals surface area contributed by atoms with Crippen molar-refractivity contribution in [1.82, 2.24) is 5.32 Å². The molecule has 5 heteroatoms. The first kappa shape index (κ1) is 14.0. The number of methoxy groups -OCH3 is 1. The van der Waals surface area contributed by atoms with Crippen molar-refractivity contribution in [2.75, 3.05) is 31.7 Å². The predicted molar refractivity (Wildman–Crippen MR) is 65.1 cm³/mol. The van der Waals surface area contributed by atoms with Crippen molar-refractivity contribution >= 4 is 33.7 Å². The third-order valence-corrected chi connectivity index (χ3v) is 3.10. The van der Waals surface area contributed by atoms with Gasteiger partial charge in [-0.25, -0.2) is 0 Å². The van der Waals surface area contributed by atoms with Crippen LogP contribution >= 0.6 is 27.7 Å². The van der Waals surface area contributed by atoms with Gasteiger partial charge in [-0.2, -0.15) is 11.8 Å². The van der Waals surface area contributed by atoms with Crippen LogP contribution < -0.4 is 5.32 Å². The molecule has 0 amide bonds. The van der Waals surface area contributed by atoms with Crippen molar-refractivity contribution < 1.29 is 9.53 Å².